The fourth-order valence-corrected chi connectivity index (χ4v) is 3.04. The molecule has 4 aromatic rings. The third-order valence-electron chi connectivity index (χ3n) is 4.08. The van der Waals surface area contributed by atoms with Gasteiger partial charge in [0.15, 0.2) is 5.82 Å². The predicted octanol–water partition coefficient (Wildman–Crippen LogP) is 3.85. The Balaban J connectivity index is 1.74. The smallest absolute Gasteiger partial charge is 0.360 e. The van der Waals surface area contributed by atoms with Crippen molar-refractivity contribution in [2.75, 3.05) is 5.32 Å². The highest BCUT2D eigenvalue weighted by molar-refractivity contribution is 6.35. The summed E-state index contributed by atoms with van der Waals surface area (Å²) in [6.45, 7) is 1.76. The molecular weight excluding hydrogens is 409 g/mol. The summed E-state index contributed by atoms with van der Waals surface area (Å²) >= 11 is 6.02. The van der Waals surface area contributed by atoms with Gasteiger partial charge in [0.1, 0.15) is 18.5 Å². The summed E-state index contributed by atoms with van der Waals surface area (Å²) in [7, 11) is 0. The van der Waals surface area contributed by atoms with Crippen LogP contribution < -0.4 is 5.32 Å². The molecular formula is C17H12ClF3N8. The third kappa shape index (κ3) is 3.68. The average molecular weight is 421 g/mol. The minimum Gasteiger partial charge on any atom is -0.360 e. The van der Waals surface area contributed by atoms with Crippen LogP contribution in [0.5, 0.6) is 0 Å². The molecule has 0 saturated heterocycles. The molecule has 0 spiro atoms. The van der Waals surface area contributed by atoms with E-state index >= 15 is 0 Å². The highest BCUT2D eigenvalue weighted by Gasteiger charge is 2.32. The highest BCUT2D eigenvalue weighted by atomic mass is 35.5. The number of nitrogens with zero attached hydrogens (tertiary/aromatic N) is 7. The molecule has 0 aliphatic rings. The molecule has 4 rings (SSSR count). The van der Waals surface area contributed by atoms with Gasteiger partial charge in [0, 0.05) is 17.8 Å². The summed E-state index contributed by atoms with van der Waals surface area (Å²) in [6, 6.07) is 2.97. The van der Waals surface area contributed by atoms with Crippen molar-refractivity contribution in [2.45, 2.75) is 19.1 Å². The van der Waals surface area contributed by atoms with Crippen LogP contribution in [0, 0.1) is 0 Å². The van der Waals surface area contributed by atoms with Gasteiger partial charge in [-0.2, -0.15) is 23.0 Å². The molecule has 148 valence electrons. The first kappa shape index (κ1) is 19.0. The first-order valence-corrected chi connectivity index (χ1v) is 8.67. The van der Waals surface area contributed by atoms with Crippen molar-refractivity contribution in [3.05, 3.63) is 59.7 Å². The summed E-state index contributed by atoms with van der Waals surface area (Å²) < 4.78 is 41.0. The molecule has 0 aliphatic carbocycles. The maximum absolute atomic E-state index is 13.2. The standard InChI is InChI=1S/C17H12ClF3N8/c1-9(15-26-8-27-29(15)16-22-3-2-4-23-16)28-14-11-5-10(17(19,20)21)6-12(18)13(11)24-7-25-14/h2-9H,1H3,(H,24,25,28). The third-order valence-corrected chi connectivity index (χ3v) is 4.36. The second-order valence-electron chi connectivity index (χ2n) is 6.02. The summed E-state index contributed by atoms with van der Waals surface area (Å²) in [5.74, 6) is 0.934. The van der Waals surface area contributed by atoms with Crippen molar-refractivity contribution in [3.63, 3.8) is 0 Å². The predicted molar refractivity (Wildman–Crippen MR) is 98.5 cm³/mol. The van der Waals surface area contributed by atoms with Gasteiger partial charge in [-0.25, -0.2) is 24.9 Å². The van der Waals surface area contributed by atoms with E-state index < -0.39 is 17.8 Å². The zero-order valence-electron chi connectivity index (χ0n) is 14.8. The lowest BCUT2D eigenvalue weighted by Crippen LogP contribution is -2.16. The lowest BCUT2D eigenvalue weighted by Gasteiger charge is -2.16. The largest absolute Gasteiger partial charge is 0.416 e. The average Bonchev–Trinajstić information content (AvgIpc) is 3.18. The Hall–Kier alpha value is -3.34. The maximum Gasteiger partial charge on any atom is 0.416 e. The molecule has 3 heterocycles. The molecule has 0 radical (unpaired) electrons. The van der Waals surface area contributed by atoms with Gasteiger partial charge >= 0.3 is 6.18 Å². The van der Waals surface area contributed by atoms with Crippen LogP contribution in [0.15, 0.2) is 43.2 Å². The number of benzene rings is 1. The van der Waals surface area contributed by atoms with Crippen molar-refractivity contribution >= 4 is 28.3 Å². The van der Waals surface area contributed by atoms with Crippen LogP contribution in [-0.2, 0) is 6.18 Å². The minimum absolute atomic E-state index is 0.117. The van der Waals surface area contributed by atoms with E-state index in [1.54, 1.807) is 25.4 Å². The zero-order valence-corrected chi connectivity index (χ0v) is 15.5. The summed E-state index contributed by atoms with van der Waals surface area (Å²) in [5, 5.41) is 7.18. The van der Waals surface area contributed by atoms with Gasteiger partial charge in [0.2, 0.25) is 0 Å². The van der Waals surface area contributed by atoms with Crippen molar-refractivity contribution in [2.24, 2.45) is 0 Å². The van der Waals surface area contributed by atoms with Crippen molar-refractivity contribution in [3.8, 4) is 5.95 Å². The lowest BCUT2D eigenvalue weighted by atomic mass is 10.1. The SMILES string of the molecule is CC(Nc1ncnc2c(Cl)cc(C(F)(F)F)cc12)c1ncnn1-c1ncccn1. The Labute approximate surface area is 166 Å². The molecule has 3 aromatic heterocycles. The molecule has 1 atom stereocenters. The van der Waals surface area contributed by atoms with E-state index in [9.17, 15) is 13.2 Å². The van der Waals surface area contributed by atoms with E-state index in [0.29, 0.717) is 11.8 Å². The monoisotopic (exact) mass is 420 g/mol. The topological polar surface area (TPSA) is 94.3 Å². The molecule has 29 heavy (non-hydrogen) atoms. The molecule has 8 nitrogen and oxygen atoms in total. The summed E-state index contributed by atoms with van der Waals surface area (Å²) in [4.78, 5) is 20.5. The molecule has 12 heteroatoms. The van der Waals surface area contributed by atoms with Gasteiger partial charge in [-0.3, -0.25) is 0 Å². The van der Waals surface area contributed by atoms with Crippen LogP contribution in [0.1, 0.15) is 24.4 Å². The number of aromatic nitrogens is 7. The first-order chi connectivity index (χ1) is 13.8. The molecule has 0 amide bonds. The number of hydrogen-bond acceptors (Lipinski definition) is 7. The van der Waals surface area contributed by atoms with Gasteiger partial charge in [0.05, 0.1) is 22.1 Å². The van der Waals surface area contributed by atoms with Crippen LogP contribution in [0.4, 0.5) is 19.0 Å². The normalized spacial score (nSPS) is 12.9. The number of anilines is 1. The first-order valence-electron chi connectivity index (χ1n) is 8.30. The van der Waals surface area contributed by atoms with Gasteiger partial charge in [-0.15, -0.1) is 0 Å². The highest BCUT2D eigenvalue weighted by Crippen LogP contribution is 2.36. The number of halogens is 4. The van der Waals surface area contributed by atoms with E-state index in [2.05, 4.69) is 35.3 Å². The second kappa shape index (κ2) is 7.24. The fourth-order valence-electron chi connectivity index (χ4n) is 2.77. The summed E-state index contributed by atoms with van der Waals surface area (Å²) in [6.07, 6.45) is 1.12. The van der Waals surface area contributed by atoms with E-state index in [1.165, 1.54) is 17.3 Å². The minimum atomic E-state index is -4.55. The number of rotatable bonds is 4. The Kier molecular flexibility index (Phi) is 4.74. The molecule has 0 fully saturated rings. The fraction of sp³-hybridized carbons (Fsp3) is 0.176. The van der Waals surface area contributed by atoms with Crippen molar-refractivity contribution in [1.82, 2.24) is 34.7 Å². The van der Waals surface area contributed by atoms with Gasteiger partial charge in [-0.05, 0) is 25.1 Å². The number of fused-ring (bicyclic) bond motifs is 1. The maximum atomic E-state index is 13.2. The zero-order chi connectivity index (χ0) is 20.6. The van der Waals surface area contributed by atoms with E-state index in [-0.39, 0.29) is 21.7 Å². The molecule has 0 saturated carbocycles. The van der Waals surface area contributed by atoms with E-state index in [4.69, 9.17) is 11.6 Å². The van der Waals surface area contributed by atoms with Crippen molar-refractivity contribution in [1.29, 1.82) is 0 Å². The number of alkyl halides is 3. The van der Waals surface area contributed by atoms with Crippen LogP contribution in [0.3, 0.4) is 0 Å². The lowest BCUT2D eigenvalue weighted by molar-refractivity contribution is -0.137. The second-order valence-corrected chi connectivity index (χ2v) is 6.43. The molecule has 1 N–H and O–H groups in total. The van der Waals surface area contributed by atoms with Gasteiger partial charge in [-0.1, -0.05) is 11.6 Å². The van der Waals surface area contributed by atoms with E-state index in [1.807, 2.05) is 0 Å². The Morgan fingerprint density at radius 1 is 1.03 bits per heavy atom. The molecule has 1 unspecified atom stereocenters. The van der Waals surface area contributed by atoms with E-state index in [0.717, 1.165) is 12.1 Å². The molecule has 0 bridgehead atoms. The Bertz CT molecular complexity index is 1160. The van der Waals surface area contributed by atoms with Gasteiger partial charge in [0.25, 0.3) is 5.95 Å². The number of nitrogens with one attached hydrogen (secondary N) is 1. The van der Waals surface area contributed by atoms with Crippen LogP contribution in [-0.4, -0.2) is 34.7 Å². The van der Waals surface area contributed by atoms with Crippen LogP contribution in [0.25, 0.3) is 16.9 Å². The van der Waals surface area contributed by atoms with Gasteiger partial charge < -0.3 is 5.32 Å². The Morgan fingerprint density at radius 2 is 1.79 bits per heavy atom. The van der Waals surface area contributed by atoms with Crippen LogP contribution >= 0.6 is 11.6 Å². The van der Waals surface area contributed by atoms with Crippen molar-refractivity contribution < 1.29 is 13.2 Å². The number of hydrogen-bond donors (Lipinski definition) is 1. The van der Waals surface area contributed by atoms with Crippen LogP contribution in [0.2, 0.25) is 5.02 Å². The Morgan fingerprint density at radius 3 is 2.52 bits per heavy atom. The molecule has 1 aromatic carbocycles. The summed E-state index contributed by atoms with van der Waals surface area (Å²) in [5.41, 5.74) is -0.682. The molecule has 0 aliphatic heterocycles. The quantitative estimate of drug-likeness (QED) is 0.536.